The van der Waals surface area contributed by atoms with Gasteiger partial charge < -0.3 is 10.1 Å². The molecule has 0 unspecified atom stereocenters. The van der Waals surface area contributed by atoms with Gasteiger partial charge in [0, 0.05) is 12.1 Å². The zero-order valence-corrected chi connectivity index (χ0v) is 14.4. The summed E-state index contributed by atoms with van der Waals surface area (Å²) in [5, 5.41) is 11.2. The van der Waals surface area contributed by atoms with Crippen LogP contribution in [0.15, 0.2) is 60.7 Å². The van der Waals surface area contributed by atoms with Crippen molar-refractivity contribution in [1.82, 2.24) is 5.32 Å². The van der Waals surface area contributed by atoms with Crippen molar-refractivity contribution < 1.29 is 14.3 Å². The molecule has 0 aliphatic heterocycles. The summed E-state index contributed by atoms with van der Waals surface area (Å²) in [6.45, 7) is 0.724. The quantitative estimate of drug-likeness (QED) is 0.575. The first-order chi connectivity index (χ1) is 12.7. The molecule has 5 nitrogen and oxygen atoms in total. The van der Waals surface area contributed by atoms with E-state index < -0.39 is 6.09 Å². The molecule has 1 N–H and O–H groups in total. The number of benzene rings is 2. The van der Waals surface area contributed by atoms with Crippen molar-refractivity contribution in [3.05, 3.63) is 77.4 Å². The molecule has 0 aliphatic carbocycles. The normalized spacial score (nSPS) is 10.3. The highest BCUT2D eigenvalue weighted by Gasteiger charge is 2.04. The molecule has 0 spiro atoms. The van der Waals surface area contributed by atoms with Gasteiger partial charge in [-0.25, -0.2) is 4.79 Å². The van der Waals surface area contributed by atoms with Crippen LogP contribution in [0.4, 0.5) is 4.79 Å². The van der Waals surface area contributed by atoms with Gasteiger partial charge in [0.15, 0.2) is 5.78 Å². The summed E-state index contributed by atoms with van der Waals surface area (Å²) < 4.78 is 5.12. The molecule has 0 aromatic heterocycles. The maximum Gasteiger partial charge on any atom is 0.407 e. The topological polar surface area (TPSA) is 79.2 Å². The van der Waals surface area contributed by atoms with Gasteiger partial charge in [0.25, 0.3) is 0 Å². The van der Waals surface area contributed by atoms with Crippen LogP contribution >= 0.6 is 0 Å². The lowest BCUT2D eigenvalue weighted by Crippen LogP contribution is -2.24. The number of carbonyl (C=O) groups is 2. The summed E-state index contributed by atoms with van der Waals surface area (Å²) in [6, 6.07) is 18.4. The summed E-state index contributed by atoms with van der Waals surface area (Å²) in [6.07, 6.45) is 3.96. The summed E-state index contributed by atoms with van der Waals surface area (Å²) in [5.74, 6) is -0.179. The molecule has 0 bridgehead atoms. The van der Waals surface area contributed by atoms with E-state index in [1.807, 2.05) is 60.7 Å². The van der Waals surface area contributed by atoms with Crippen LogP contribution in [0, 0.1) is 11.3 Å². The smallest absolute Gasteiger partial charge is 0.407 e. The lowest BCUT2D eigenvalue weighted by molar-refractivity contribution is 0.0997. The Labute approximate surface area is 152 Å². The minimum atomic E-state index is -0.442. The number of Topliss-reactive ketones (excluding diaryl/α,β-unsaturated/α-hetero) is 1. The Morgan fingerprint density at radius 1 is 1.08 bits per heavy atom. The minimum absolute atomic E-state index is 0.110. The number of carbonyl (C=O) groups excluding carboxylic acids is 2. The van der Waals surface area contributed by atoms with Gasteiger partial charge in [-0.15, -0.1) is 0 Å². The molecule has 0 saturated heterocycles. The second-order valence-corrected chi connectivity index (χ2v) is 5.56. The third-order valence-electron chi connectivity index (χ3n) is 3.58. The summed E-state index contributed by atoms with van der Waals surface area (Å²) in [7, 11) is 0. The Bertz CT molecular complexity index is 790. The largest absolute Gasteiger partial charge is 0.445 e. The number of nitriles is 1. The van der Waals surface area contributed by atoms with Crippen LogP contribution in [-0.4, -0.2) is 18.4 Å². The number of ketones is 1. The van der Waals surface area contributed by atoms with E-state index in [0.29, 0.717) is 18.5 Å². The standard InChI is InChI=1S/C21H20N2O3/c22-14-13-20(24)19-11-9-17(10-12-19)6-4-5-15-23-21(25)26-16-18-7-2-1-3-8-18/h1-4,6-12H,5,13,15-16H2,(H,23,25). The number of alkyl carbamates (subject to hydrolysis) is 1. The Hall–Kier alpha value is -3.39. The average Bonchev–Trinajstić information content (AvgIpc) is 2.67. The highest BCUT2D eigenvalue weighted by molar-refractivity contribution is 5.97. The van der Waals surface area contributed by atoms with Gasteiger partial charge in [0.1, 0.15) is 6.61 Å². The fourth-order valence-corrected chi connectivity index (χ4v) is 2.21. The van der Waals surface area contributed by atoms with Crippen LogP contribution in [-0.2, 0) is 11.3 Å². The second-order valence-electron chi connectivity index (χ2n) is 5.56. The molecule has 2 aromatic rings. The van der Waals surface area contributed by atoms with E-state index in [1.54, 1.807) is 12.1 Å². The lowest BCUT2D eigenvalue weighted by Gasteiger charge is -2.05. The number of nitrogens with zero attached hydrogens (tertiary/aromatic N) is 1. The van der Waals surface area contributed by atoms with Gasteiger partial charge in [-0.05, 0) is 17.5 Å². The van der Waals surface area contributed by atoms with Crippen molar-refractivity contribution in [2.75, 3.05) is 6.54 Å². The average molecular weight is 348 g/mol. The number of rotatable bonds is 8. The number of ether oxygens (including phenoxy) is 1. The van der Waals surface area contributed by atoms with E-state index in [1.165, 1.54) is 0 Å². The van der Waals surface area contributed by atoms with Gasteiger partial charge in [-0.1, -0.05) is 66.7 Å². The van der Waals surface area contributed by atoms with Gasteiger partial charge in [-0.2, -0.15) is 5.26 Å². The van der Waals surface area contributed by atoms with Crippen molar-refractivity contribution >= 4 is 18.0 Å². The maximum absolute atomic E-state index is 11.6. The van der Waals surface area contributed by atoms with Crippen LogP contribution < -0.4 is 5.32 Å². The molecule has 26 heavy (non-hydrogen) atoms. The van der Waals surface area contributed by atoms with E-state index in [0.717, 1.165) is 11.1 Å². The summed E-state index contributed by atoms with van der Waals surface area (Å²) >= 11 is 0. The molecule has 0 atom stereocenters. The van der Waals surface area contributed by atoms with E-state index in [-0.39, 0.29) is 18.8 Å². The molecule has 0 radical (unpaired) electrons. The first-order valence-corrected chi connectivity index (χ1v) is 8.30. The zero-order valence-electron chi connectivity index (χ0n) is 14.4. The van der Waals surface area contributed by atoms with Crippen LogP contribution in [0.3, 0.4) is 0 Å². The van der Waals surface area contributed by atoms with E-state index in [2.05, 4.69) is 5.32 Å². The van der Waals surface area contributed by atoms with E-state index >= 15 is 0 Å². The molecule has 0 aliphatic rings. The third-order valence-corrected chi connectivity index (χ3v) is 3.58. The molecular weight excluding hydrogens is 328 g/mol. The maximum atomic E-state index is 11.6. The predicted octanol–water partition coefficient (Wildman–Crippen LogP) is 4.11. The van der Waals surface area contributed by atoms with Crippen LogP contribution in [0.5, 0.6) is 0 Å². The Kier molecular flexibility index (Phi) is 7.63. The number of hydrogen-bond acceptors (Lipinski definition) is 4. The molecule has 132 valence electrons. The van der Waals surface area contributed by atoms with E-state index in [4.69, 9.17) is 10.00 Å². The van der Waals surface area contributed by atoms with Crippen molar-refractivity contribution in [1.29, 1.82) is 5.26 Å². The highest BCUT2D eigenvalue weighted by Crippen LogP contribution is 2.08. The van der Waals surface area contributed by atoms with Crippen molar-refractivity contribution in [3.8, 4) is 6.07 Å². The molecular formula is C21H20N2O3. The van der Waals surface area contributed by atoms with Gasteiger partial charge in [0.05, 0.1) is 12.5 Å². The fraction of sp³-hybridized carbons (Fsp3) is 0.190. The number of nitrogens with one attached hydrogen (secondary N) is 1. The van der Waals surface area contributed by atoms with Gasteiger partial charge in [0.2, 0.25) is 0 Å². The first kappa shape index (κ1) is 18.9. The first-order valence-electron chi connectivity index (χ1n) is 8.30. The lowest BCUT2D eigenvalue weighted by atomic mass is 10.1. The zero-order chi connectivity index (χ0) is 18.6. The molecule has 0 fully saturated rings. The Morgan fingerprint density at radius 2 is 1.81 bits per heavy atom. The minimum Gasteiger partial charge on any atom is -0.445 e. The highest BCUT2D eigenvalue weighted by atomic mass is 16.5. The van der Waals surface area contributed by atoms with Crippen molar-refractivity contribution in [3.63, 3.8) is 0 Å². The van der Waals surface area contributed by atoms with Crippen molar-refractivity contribution in [2.24, 2.45) is 0 Å². The SMILES string of the molecule is N#CCC(=O)c1ccc(C=CCCNC(=O)OCc2ccccc2)cc1. The Morgan fingerprint density at radius 3 is 2.50 bits per heavy atom. The van der Waals surface area contributed by atoms with Crippen LogP contribution in [0.2, 0.25) is 0 Å². The summed E-state index contributed by atoms with van der Waals surface area (Å²) in [5.41, 5.74) is 2.43. The second kappa shape index (κ2) is 10.5. The van der Waals surface area contributed by atoms with Crippen LogP contribution in [0.25, 0.3) is 6.08 Å². The molecule has 0 heterocycles. The van der Waals surface area contributed by atoms with Gasteiger partial charge >= 0.3 is 6.09 Å². The van der Waals surface area contributed by atoms with Crippen molar-refractivity contribution in [2.45, 2.75) is 19.4 Å². The fourth-order valence-electron chi connectivity index (χ4n) is 2.21. The number of amides is 1. The van der Waals surface area contributed by atoms with E-state index in [9.17, 15) is 9.59 Å². The third kappa shape index (κ3) is 6.62. The van der Waals surface area contributed by atoms with Gasteiger partial charge in [-0.3, -0.25) is 4.79 Å². The number of hydrogen-bond donors (Lipinski definition) is 1. The molecule has 2 rings (SSSR count). The molecule has 0 saturated carbocycles. The molecule has 5 heteroatoms. The monoisotopic (exact) mass is 348 g/mol. The predicted molar refractivity (Wildman–Crippen MR) is 99.3 cm³/mol. The Balaban J connectivity index is 1.66. The molecule has 1 amide bonds. The summed E-state index contributed by atoms with van der Waals surface area (Å²) in [4.78, 5) is 23.2. The molecule has 2 aromatic carbocycles. The van der Waals surface area contributed by atoms with Crippen LogP contribution in [0.1, 0.15) is 34.3 Å².